The van der Waals surface area contributed by atoms with Crippen LogP contribution in [0.4, 0.5) is 4.79 Å². The number of carbonyl (C=O) groups excluding carboxylic acids is 1. The van der Waals surface area contributed by atoms with Gasteiger partial charge in [-0.15, -0.1) is 0 Å². The highest BCUT2D eigenvalue weighted by Gasteiger charge is 2.50. The fraction of sp³-hybridized carbons (Fsp3) is 0.917. The van der Waals surface area contributed by atoms with Gasteiger partial charge in [0, 0.05) is 12.6 Å². The fourth-order valence-corrected chi connectivity index (χ4v) is 4.24. The number of carbonyl (C=O) groups is 1. The molecule has 2 rings (SSSR count). The lowest BCUT2D eigenvalue weighted by Crippen LogP contribution is -2.36. The zero-order valence-electron chi connectivity index (χ0n) is 10.2. The Hall–Kier alpha value is -0.180. The maximum atomic E-state index is 11.8. The van der Waals surface area contributed by atoms with Crippen molar-refractivity contribution in [2.75, 3.05) is 12.8 Å². The predicted octanol–water partition coefficient (Wildman–Crippen LogP) is 3.37. The Kier molecular flexibility index (Phi) is 2.57. The van der Waals surface area contributed by atoms with Crippen molar-refractivity contribution in [3.8, 4) is 0 Å². The maximum Gasteiger partial charge on any atom is 0.281 e. The second-order valence-electron chi connectivity index (χ2n) is 6.31. The summed E-state index contributed by atoms with van der Waals surface area (Å²) in [5.74, 6) is 0. The van der Waals surface area contributed by atoms with E-state index >= 15 is 0 Å². The summed E-state index contributed by atoms with van der Waals surface area (Å²) in [5.41, 5.74) is 0.781. The average Bonchev–Trinajstić information content (AvgIpc) is 2.33. The molecule has 86 valence electrons. The Morgan fingerprint density at radius 2 is 2.00 bits per heavy atom. The summed E-state index contributed by atoms with van der Waals surface area (Å²) in [6, 6.07) is 0.499. The highest BCUT2D eigenvalue weighted by atomic mass is 32.2. The van der Waals surface area contributed by atoms with Crippen LogP contribution in [0, 0.1) is 10.8 Å². The third-order valence-electron chi connectivity index (χ3n) is 3.82. The highest BCUT2D eigenvalue weighted by Crippen LogP contribution is 2.52. The number of fused-ring (bicyclic) bond motifs is 2. The Labute approximate surface area is 96.8 Å². The summed E-state index contributed by atoms with van der Waals surface area (Å²) in [6.07, 6.45) is 5.53. The molecular formula is C12H21NOS. The third-order valence-corrected chi connectivity index (χ3v) is 4.41. The van der Waals surface area contributed by atoms with Crippen LogP contribution in [0.3, 0.4) is 0 Å². The Bertz CT molecular complexity index is 289. The summed E-state index contributed by atoms with van der Waals surface area (Å²) in [7, 11) is 0. The molecule has 15 heavy (non-hydrogen) atoms. The molecule has 2 fully saturated rings. The standard InChI is InChI=1S/C12H21NOS/c1-11(2)5-9-6-12(3,7-11)8-13(9)10(14)15-4/h9H,5-8H2,1-4H3. The van der Waals surface area contributed by atoms with Gasteiger partial charge in [0.05, 0.1) is 0 Å². The smallest absolute Gasteiger partial charge is 0.281 e. The summed E-state index contributed by atoms with van der Waals surface area (Å²) < 4.78 is 0. The van der Waals surface area contributed by atoms with Crippen LogP contribution in [0.15, 0.2) is 0 Å². The third kappa shape index (κ3) is 2.03. The summed E-state index contributed by atoms with van der Waals surface area (Å²) in [4.78, 5) is 13.9. The van der Waals surface area contributed by atoms with Crippen LogP contribution in [-0.4, -0.2) is 29.0 Å². The first-order chi connectivity index (χ1) is 6.85. The number of amides is 1. The minimum absolute atomic E-state index is 0.265. The molecule has 2 aliphatic rings. The van der Waals surface area contributed by atoms with E-state index in [1.54, 1.807) is 0 Å². The van der Waals surface area contributed by atoms with Crippen molar-refractivity contribution in [1.82, 2.24) is 4.90 Å². The predicted molar refractivity (Wildman–Crippen MR) is 65.1 cm³/mol. The Morgan fingerprint density at radius 1 is 1.33 bits per heavy atom. The number of thioether (sulfide) groups is 1. The molecule has 0 spiro atoms. The molecule has 2 atom stereocenters. The van der Waals surface area contributed by atoms with E-state index in [9.17, 15) is 4.79 Å². The molecule has 2 nitrogen and oxygen atoms in total. The van der Waals surface area contributed by atoms with E-state index in [-0.39, 0.29) is 5.24 Å². The summed E-state index contributed by atoms with van der Waals surface area (Å²) in [6.45, 7) is 7.99. The zero-order chi connectivity index (χ0) is 11.3. The van der Waals surface area contributed by atoms with E-state index in [0.717, 1.165) is 6.54 Å². The maximum absolute atomic E-state index is 11.8. The normalized spacial score (nSPS) is 38.1. The minimum atomic E-state index is 0.265. The Balaban J connectivity index is 2.20. The van der Waals surface area contributed by atoms with E-state index in [2.05, 4.69) is 25.7 Å². The van der Waals surface area contributed by atoms with Crippen LogP contribution in [0.2, 0.25) is 0 Å². The fourth-order valence-electron chi connectivity index (χ4n) is 3.79. The van der Waals surface area contributed by atoms with Crippen molar-refractivity contribution < 1.29 is 4.79 Å². The van der Waals surface area contributed by atoms with Gasteiger partial charge in [-0.05, 0) is 36.3 Å². The summed E-state index contributed by atoms with van der Waals surface area (Å²) in [5, 5.41) is 0.265. The van der Waals surface area contributed by atoms with Gasteiger partial charge in [0.15, 0.2) is 0 Å². The van der Waals surface area contributed by atoms with Gasteiger partial charge in [-0.25, -0.2) is 0 Å². The molecule has 1 heterocycles. The first-order valence-electron chi connectivity index (χ1n) is 5.70. The molecule has 0 aromatic heterocycles. The van der Waals surface area contributed by atoms with Crippen molar-refractivity contribution in [2.45, 2.75) is 46.1 Å². The molecule has 0 N–H and O–H groups in total. The zero-order valence-corrected chi connectivity index (χ0v) is 11.0. The number of likely N-dealkylation sites (tertiary alicyclic amines) is 1. The second-order valence-corrected chi connectivity index (χ2v) is 7.07. The van der Waals surface area contributed by atoms with Gasteiger partial charge >= 0.3 is 0 Å². The van der Waals surface area contributed by atoms with Crippen LogP contribution in [0.25, 0.3) is 0 Å². The quantitative estimate of drug-likeness (QED) is 0.632. The lowest BCUT2D eigenvalue weighted by atomic mass is 9.65. The molecule has 3 heteroatoms. The molecule has 2 bridgehead atoms. The highest BCUT2D eigenvalue weighted by molar-refractivity contribution is 8.12. The van der Waals surface area contributed by atoms with Crippen molar-refractivity contribution in [2.24, 2.45) is 10.8 Å². The largest absolute Gasteiger partial charge is 0.330 e. The molecular weight excluding hydrogens is 206 g/mol. The lowest BCUT2D eigenvalue weighted by molar-refractivity contribution is 0.131. The number of nitrogens with zero attached hydrogens (tertiary/aromatic N) is 1. The second kappa shape index (κ2) is 3.41. The van der Waals surface area contributed by atoms with Gasteiger partial charge < -0.3 is 4.90 Å². The minimum Gasteiger partial charge on any atom is -0.330 e. The van der Waals surface area contributed by atoms with Gasteiger partial charge in [0.25, 0.3) is 5.24 Å². The van der Waals surface area contributed by atoms with Crippen LogP contribution in [0.1, 0.15) is 40.0 Å². The van der Waals surface area contributed by atoms with Crippen molar-refractivity contribution in [3.05, 3.63) is 0 Å². The van der Waals surface area contributed by atoms with Gasteiger partial charge in [-0.2, -0.15) is 0 Å². The van der Waals surface area contributed by atoms with Gasteiger partial charge in [-0.3, -0.25) is 4.79 Å². The molecule has 2 unspecified atom stereocenters. The first kappa shape index (κ1) is 11.3. The van der Waals surface area contributed by atoms with Crippen molar-refractivity contribution in [3.63, 3.8) is 0 Å². The number of hydrogen-bond acceptors (Lipinski definition) is 2. The van der Waals surface area contributed by atoms with Gasteiger partial charge in [0.2, 0.25) is 0 Å². The van der Waals surface area contributed by atoms with Crippen molar-refractivity contribution in [1.29, 1.82) is 0 Å². The molecule has 1 saturated carbocycles. The molecule has 1 saturated heterocycles. The first-order valence-corrected chi connectivity index (χ1v) is 6.92. The Morgan fingerprint density at radius 3 is 2.60 bits per heavy atom. The molecule has 0 aromatic carbocycles. The van der Waals surface area contributed by atoms with Crippen LogP contribution in [-0.2, 0) is 0 Å². The van der Waals surface area contributed by atoms with E-state index in [4.69, 9.17) is 0 Å². The van der Waals surface area contributed by atoms with Gasteiger partial charge in [0.1, 0.15) is 0 Å². The average molecular weight is 227 g/mol. The van der Waals surface area contributed by atoms with Gasteiger partial charge in [-0.1, -0.05) is 32.5 Å². The van der Waals surface area contributed by atoms with Crippen LogP contribution < -0.4 is 0 Å². The number of hydrogen-bond donors (Lipinski definition) is 0. The summed E-state index contributed by atoms with van der Waals surface area (Å²) >= 11 is 1.36. The molecule has 1 amide bonds. The molecule has 0 radical (unpaired) electrons. The SMILES string of the molecule is CSC(=O)N1CC2(C)CC1CC(C)(C)C2. The molecule has 1 aliphatic heterocycles. The van der Waals surface area contributed by atoms with E-state index in [1.165, 1.54) is 31.0 Å². The number of rotatable bonds is 0. The molecule has 1 aliphatic carbocycles. The molecule has 0 aromatic rings. The van der Waals surface area contributed by atoms with E-state index in [1.807, 2.05) is 6.26 Å². The van der Waals surface area contributed by atoms with E-state index < -0.39 is 0 Å². The topological polar surface area (TPSA) is 20.3 Å². The van der Waals surface area contributed by atoms with Crippen molar-refractivity contribution >= 4 is 17.0 Å². The monoisotopic (exact) mass is 227 g/mol. The van der Waals surface area contributed by atoms with E-state index in [0.29, 0.717) is 16.9 Å². The van der Waals surface area contributed by atoms with Crippen LogP contribution >= 0.6 is 11.8 Å². The van der Waals surface area contributed by atoms with Crippen LogP contribution in [0.5, 0.6) is 0 Å². The lowest BCUT2D eigenvalue weighted by Gasteiger charge is -2.39.